The molecule has 6 heteroatoms. The maximum atomic E-state index is 13.7. The van der Waals surface area contributed by atoms with E-state index in [0.29, 0.717) is 22.4 Å². The molecule has 3 aromatic rings. The Morgan fingerprint density at radius 2 is 1.96 bits per heavy atom. The number of aromatic nitrogens is 2. The number of hydrogen-bond acceptors (Lipinski definition) is 4. The van der Waals surface area contributed by atoms with Crippen molar-refractivity contribution in [3.63, 3.8) is 0 Å². The predicted octanol–water partition coefficient (Wildman–Crippen LogP) is 4.88. The molecule has 1 aromatic heterocycles. The van der Waals surface area contributed by atoms with Crippen LogP contribution < -0.4 is 5.32 Å². The highest BCUT2D eigenvalue weighted by Crippen LogP contribution is 2.27. The Kier molecular flexibility index (Phi) is 5.05. The molecule has 0 saturated carbocycles. The SMILES string of the molecule is Cc1ccc(Nc2nc(Cl)c3c(n2)CCN(Cc2ccccc2)C3)cc1F. The smallest absolute Gasteiger partial charge is 0.228 e. The first kappa shape index (κ1) is 17.9. The molecule has 0 fully saturated rings. The third-order valence-electron chi connectivity index (χ3n) is 4.77. The maximum Gasteiger partial charge on any atom is 0.228 e. The van der Waals surface area contributed by atoms with Crippen molar-refractivity contribution >= 4 is 23.2 Å². The van der Waals surface area contributed by atoms with Crippen molar-refractivity contribution in [3.8, 4) is 0 Å². The largest absolute Gasteiger partial charge is 0.324 e. The first-order chi connectivity index (χ1) is 13.1. The van der Waals surface area contributed by atoms with Gasteiger partial charge in [0.15, 0.2) is 0 Å². The summed E-state index contributed by atoms with van der Waals surface area (Å²) >= 11 is 6.45. The van der Waals surface area contributed by atoms with Crippen molar-refractivity contribution in [2.24, 2.45) is 0 Å². The summed E-state index contributed by atoms with van der Waals surface area (Å²) in [5, 5.41) is 3.51. The minimum Gasteiger partial charge on any atom is -0.324 e. The van der Waals surface area contributed by atoms with Gasteiger partial charge in [-0.3, -0.25) is 4.90 Å². The van der Waals surface area contributed by atoms with E-state index in [-0.39, 0.29) is 5.82 Å². The molecule has 27 heavy (non-hydrogen) atoms. The molecule has 1 aliphatic heterocycles. The fourth-order valence-corrected chi connectivity index (χ4v) is 3.51. The zero-order chi connectivity index (χ0) is 18.8. The van der Waals surface area contributed by atoms with Crippen molar-refractivity contribution in [1.82, 2.24) is 14.9 Å². The van der Waals surface area contributed by atoms with Crippen molar-refractivity contribution in [2.45, 2.75) is 26.4 Å². The summed E-state index contributed by atoms with van der Waals surface area (Å²) in [5.41, 5.74) is 4.41. The molecule has 0 radical (unpaired) electrons. The molecule has 2 aromatic carbocycles. The molecule has 0 spiro atoms. The van der Waals surface area contributed by atoms with E-state index in [2.05, 4.69) is 44.5 Å². The minimum absolute atomic E-state index is 0.263. The molecular weight excluding hydrogens is 363 g/mol. The van der Waals surface area contributed by atoms with Gasteiger partial charge in [0.1, 0.15) is 11.0 Å². The van der Waals surface area contributed by atoms with Gasteiger partial charge in [0.25, 0.3) is 0 Å². The van der Waals surface area contributed by atoms with Crippen molar-refractivity contribution < 1.29 is 4.39 Å². The topological polar surface area (TPSA) is 41.1 Å². The van der Waals surface area contributed by atoms with Crippen molar-refractivity contribution in [2.75, 3.05) is 11.9 Å². The summed E-state index contributed by atoms with van der Waals surface area (Å²) in [6.45, 7) is 4.24. The Labute approximate surface area is 163 Å². The molecule has 0 atom stereocenters. The first-order valence-electron chi connectivity index (χ1n) is 8.93. The number of fused-ring (bicyclic) bond motifs is 1. The van der Waals surface area contributed by atoms with Crippen LogP contribution in [-0.4, -0.2) is 21.4 Å². The highest BCUT2D eigenvalue weighted by atomic mass is 35.5. The second-order valence-electron chi connectivity index (χ2n) is 6.80. The van der Waals surface area contributed by atoms with Gasteiger partial charge in [-0.1, -0.05) is 48.0 Å². The average molecular weight is 383 g/mol. The Morgan fingerprint density at radius 3 is 2.74 bits per heavy atom. The van der Waals surface area contributed by atoms with Gasteiger partial charge < -0.3 is 5.32 Å². The fourth-order valence-electron chi connectivity index (χ4n) is 3.26. The third-order valence-corrected chi connectivity index (χ3v) is 5.08. The highest BCUT2D eigenvalue weighted by molar-refractivity contribution is 6.30. The zero-order valence-corrected chi connectivity index (χ0v) is 15.8. The molecular formula is C21H20ClFN4. The number of hydrogen-bond donors (Lipinski definition) is 1. The molecule has 0 saturated heterocycles. The summed E-state index contributed by atoms with van der Waals surface area (Å²) in [6.07, 6.45) is 0.807. The number of halogens is 2. The van der Waals surface area contributed by atoms with Crippen LogP contribution in [0.4, 0.5) is 16.0 Å². The molecule has 138 valence electrons. The van der Waals surface area contributed by atoms with Gasteiger partial charge in [-0.25, -0.2) is 14.4 Å². The Balaban J connectivity index is 1.51. The van der Waals surface area contributed by atoms with Gasteiger partial charge in [0.05, 0.1) is 5.69 Å². The Morgan fingerprint density at radius 1 is 1.15 bits per heavy atom. The van der Waals surface area contributed by atoms with Crippen LogP contribution in [0.3, 0.4) is 0 Å². The van der Waals surface area contributed by atoms with Crippen molar-refractivity contribution in [1.29, 1.82) is 0 Å². The predicted molar refractivity (Wildman–Crippen MR) is 106 cm³/mol. The van der Waals surface area contributed by atoms with E-state index in [1.165, 1.54) is 11.6 Å². The van der Waals surface area contributed by atoms with Gasteiger partial charge in [0, 0.05) is 37.3 Å². The number of rotatable bonds is 4. The van der Waals surface area contributed by atoms with Gasteiger partial charge in [-0.15, -0.1) is 0 Å². The lowest BCUT2D eigenvalue weighted by molar-refractivity contribution is 0.243. The van der Waals surface area contributed by atoms with Crippen LogP contribution in [-0.2, 0) is 19.5 Å². The quantitative estimate of drug-likeness (QED) is 0.653. The van der Waals surface area contributed by atoms with E-state index in [1.807, 2.05) is 6.07 Å². The zero-order valence-electron chi connectivity index (χ0n) is 15.0. The van der Waals surface area contributed by atoms with Crippen molar-refractivity contribution in [3.05, 3.63) is 81.9 Å². The lowest BCUT2D eigenvalue weighted by atomic mass is 10.1. The first-order valence-corrected chi connectivity index (χ1v) is 9.31. The highest BCUT2D eigenvalue weighted by Gasteiger charge is 2.22. The summed E-state index contributed by atoms with van der Waals surface area (Å²) in [6, 6.07) is 15.3. The number of nitrogens with zero attached hydrogens (tertiary/aromatic N) is 3. The van der Waals surface area contributed by atoms with Crippen LogP contribution >= 0.6 is 11.6 Å². The van der Waals surface area contributed by atoms with Crippen LogP contribution in [0.25, 0.3) is 0 Å². The molecule has 1 N–H and O–H groups in total. The fraction of sp³-hybridized carbons (Fsp3) is 0.238. The minimum atomic E-state index is -0.263. The van der Waals surface area contributed by atoms with E-state index in [9.17, 15) is 4.39 Å². The number of benzene rings is 2. The second kappa shape index (κ2) is 7.62. The molecule has 0 aliphatic carbocycles. The van der Waals surface area contributed by atoms with Crippen LogP contribution in [0, 0.1) is 12.7 Å². The van der Waals surface area contributed by atoms with Gasteiger partial charge in [-0.05, 0) is 30.2 Å². The lowest BCUT2D eigenvalue weighted by Crippen LogP contribution is -2.31. The van der Waals surface area contributed by atoms with E-state index in [0.717, 1.165) is 37.3 Å². The number of nitrogens with one attached hydrogen (secondary N) is 1. The molecule has 0 unspecified atom stereocenters. The summed E-state index contributed by atoms with van der Waals surface area (Å²) < 4.78 is 13.7. The molecule has 0 bridgehead atoms. The Bertz CT molecular complexity index is 962. The van der Waals surface area contributed by atoms with Crippen LogP contribution in [0.15, 0.2) is 48.5 Å². The molecule has 2 heterocycles. The van der Waals surface area contributed by atoms with Gasteiger partial charge in [-0.2, -0.15) is 0 Å². The monoisotopic (exact) mass is 382 g/mol. The lowest BCUT2D eigenvalue weighted by Gasteiger charge is -2.28. The third kappa shape index (κ3) is 4.10. The van der Waals surface area contributed by atoms with E-state index >= 15 is 0 Å². The summed E-state index contributed by atoms with van der Waals surface area (Å²) in [4.78, 5) is 11.3. The van der Waals surface area contributed by atoms with Gasteiger partial charge >= 0.3 is 0 Å². The standard InChI is InChI=1S/C21H20ClFN4/c1-14-7-8-16(11-18(14)23)24-21-25-19-9-10-27(13-17(19)20(22)26-21)12-15-5-3-2-4-6-15/h2-8,11H,9-10,12-13H2,1H3,(H,24,25,26). The Hall–Kier alpha value is -2.50. The van der Waals surface area contributed by atoms with E-state index < -0.39 is 0 Å². The number of aryl methyl sites for hydroxylation is 1. The summed E-state index contributed by atoms with van der Waals surface area (Å²) in [5.74, 6) is 0.138. The maximum absolute atomic E-state index is 13.7. The van der Waals surface area contributed by atoms with E-state index in [4.69, 9.17) is 11.6 Å². The molecule has 1 aliphatic rings. The van der Waals surface area contributed by atoms with Crippen LogP contribution in [0.2, 0.25) is 5.15 Å². The average Bonchev–Trinajstić information content (AvgIpc) is 2.66. The van der Waals surface area contributed by atoms with Crippen LogP contribution in [0.5, 0.6) is 0 Å². The van der Waals surface area contributed by atoms with E-state index in [1.54, 1.807) is 19.1 Å². The number of anilines is 2. The van der Waals surface area contributed by atoms with Gasteiger partial charge in [0.2, 0.25) is 5.95 Å². The summed E-state index contributed by atoms with van der Waals surface area (Å²) in [7, 11) is 0. The molecule has 0 amide bonds. The normalized spacial score (nSPS) is 14.0. The molecule has 4 rings (SSSR count). The van der Waals surface area contributed by atoms with Crippen LogP contribution in [0.1, 0.15) is 22.4 Å². The second-order valence-corrected chi connectivity index (χ2v) is 7.16. The molecule has 4 nitrogen and oxygen atoms in total.